The molecule has 0 N–H and O–H groups in total. The minimum absolute atomic E-state index is 0.0452. The van der Waals surface area contributed by atoms with Crippen LogP contribution in [0.1, 0.15) is 17.3 Å². The third-order valence-corrected chi connectivity index (χ3v) is 2.98. The molecule has 0 aliphatic rings. The van der Waals surface area contributed by atoms with Crippen molar-refractivity contribution in [3.8, 4) is 0 Å². The van der Waals surface area contributed by atoms with Crippen LogP contribution >= 0.6 is 15.9 Å². The second kappa shape index (κ2) is 4.53. The Morgan fingerprint density at radius 3 is 2.59 bits per heavy atom. The van der Waals surface area contributed by atoms with Crippen LogP contribution in [0.2, 0.25) is 0 Å². The van der Waals surface area contributed by atoms with Crippen LogP contribution in [0.15, 0.2) is 30.3 Å². The second-order valence-electron chi connectivity index (χ2n) is 3.75. The molecule has 2 aromatic rings. The first-order chi connectivity index (χ1) is 8.02. The molecule has 0 saturated carbocycles. The number of hydrogen-bond acceptors (Lipinski definition) is 1. The molecule has 0 fully saturated rings. The fourth-order valence-corrected chi connectivity index (χ4v) is 1.98. The fourth-order valence-electron chi connectivity index (χ4n) is 1.73. The Balaban J connectivity index is 2.80. The summed E-state index contributed by atoms with van der Waals surface area (Å²) in [6.07, 6.45) is 0. The zero-order chi connectivity index (χ0) is 12.6. The van der Waals surface area contributed by atoms with Gasteiger partial charge < -0.3 is 0 Å². The molecule has 0 amide bonds. The van der Waals surface area contributed by atoms with Crippen molar-refractivity contribution < 1.29 is 13.6 Å². The molecule has 1 unspecified atom stereocenters. The lowest BCUT2D eigenvalue weighted by molar-refractivity contribution is 0.0997. The molecule has 0 aromatic heterocycles. The largest absolute Gasteiger partial charge is 0.293 e. The van der Waals surface area contributed by atoms with E-state index in [1.807, 2.05) is 0 Å². The van der Waals surface area contributed by atoms with E-state index in [-0.39, 0.29) is 16.7 Å². The molecule has 0 saturated heterocycles. The van der Waals surface area contributed by atoms with Crippen molar-refractivity contribution in [3.63, 3.8) is 0 Å². The Labute approximate surface area is 106 Å². The summed E-state index contributed by atoms with van der Waals surface area (Å²) in [5.41, 5.74) is 0.198. The smallest absolute Gasteiger partial charge is 0.176 e. The molecule has 2 aromatic carbocycles. The molecule has 17 heavy (non-hydrogen) atoms. The highest BCUT2D eigenvalue weighted by molar-refractivity contribution is 9.10. The molecule has 4 heteroatoms. The van der Waals surface area contributed by atoms with Crippen LogP contribution in [0, 0.1) is 11.6 Å². The van der Waals surface area contributed by atoms with E-state index in [0.29, 0.717) is 5.39 Å². The quantitative estimate of drug-likeness (QED) is 0.603. The van der Waals surface area contributed by atoms with Crippen molar-refractivity contribution in [2.45, 2.75) is 11.8 Å². The maximum absolute atomic E-state index is 13.7. The number of carbonyl (C=O) groups excluding carboxylic acids is 1. The van der Waals surface area contributed by atoms with Crippen LogP contribution in [0.25, 0.3) is 10.8 Å². The molecule has 1 atom stereocenters. The predicted octanol–water partition coefficient (Wildman–Crippen LogP) is 4.08. The monoisotopic (exact) mass is 298 g/mol. The summed E-state index contributed by atoms with van der Waals surface area (Å²) in [5.74, 6) is -2.18. The van der Waals surface area contributed by atoms with Gasteiger partial charge in [-0.05, 0) is 18.4 Å². The molecule has 2 rings (SSSR count). The number of halogens is 3. The Morgan fingerprint density at radius 2 is 1.94 bits per heavy atom. The molecular weight excluding hydrogens is 290 g/mol. The molecule has 1 nitrogen and oxygen atoms in total. The van der Waals surface area contributed by atoms with Crippen LogP contribution in [0.5, 0.6) is 0 Å². The highest BCUT2D eigenvalue weighted by Gasteiger charge is 2.18. The van der Waals surface area contributed by atoms with Crippen LogP contribution in [-0.2, 0) is 0 Å². The first kappa shape index (κ1) is 12.2. The Kier molecular flexibility index (Phi) is 3.24. The SMILES string of the molecule is CC(Br)C(=O)c1cccc2ccc(F)c(F)c12. The van der Waals surface area contributed by atoms with Crippen LogP contribution in [0.4, 0.5) is 8.78 Å². The predicted molar refractivity (Wildman–Crippen MR) is 66.6 cm³/mol. The third kappa shape index (κ3) is 2.09. The minimum Gasteiger partial charge on any atom is -0.293 e. The highest BCUT2D eigenvalue weighted by atomic mass is 79.9. The van der Waals surface area contributed by atoms with E-state index in [0.717, 1.165) is 6.07 Å². The minimum atomic E-state index is -0.973. The molecule has 0 radical (unpaired) electrons. The first-order valence-corrected chi connectivity index (χ1v) is 5.99. The van der Waals surface area contributed by atoms with Crippen molar-refractivity contribution >= 4 is 32.5 Å². The molecule has 0 heterocycles. The van der Waals surface area contributed by atoms with Crippen LogP contribution in [-0.4, -0.2) is 10.6 Å². The van der Waals surface area contributed by atoms with Gasteiger partial charge in [-0.2, -0.15) is 0 Å². The van der Waals surface area contributed by atoms with Gasteiger partial charge in [0.1, 0.15) is 0 Å². The van der Waals surface area contributed by atoms with E-state index >= 15 is 0 Å². The van der Waals surface area contributed by atoms with Gasteiger partial charge in [-0.25, -0.2) is 8.78 Å². The van der Waals surface area contributed by atoms with Crippen molar-refractivity contribution in [2.24, 2.45) is 0 Å². The fraction of sp³-hybridized carbons (Fsp3) is 0.154. The van der Waals surface area contributed by atoms with E-state index < -0.39 is 16.5 Å². The van der Waals surface area contributed by atoms with E-state index in [2.05, 4.69) is 15.9 Å². The number of benzene rings is 2. The van der Waals surface area contributed by atoms with Crippen molar-refractivity contribution in [3.05, 3.63) is 47.5 Å². The van der Waals surface area contributed by atoms with Gasteiger partial charge in [-0.15, -0.1) is 0 Å². The highest BCUT2D eigenvalue weighted by Crippen LogP contribution is 2.26. The van der Waals surface area contributed by atoms with Gasteiger partial charge >= 0.3 is 0 Å². The zero-order valence-corrected chi connectivity index (χ0v) is 10.6. The van der Waals surface area contributed by atoms with Gasteiger partial charge in [0.05, 0.1) is 4.83 Å². The number of fused-ring (bicyclic) bond motifs is 1. The van der Waals surface area contributed by atoms with Gasteiger partial charge in [0.15, 0.2) is 17.4 Å². The summed E-state index contributed by atoms with van der Waals surface area (Å²) >= 11 is 3.14. The van der Waals surface area contributed by atoms with E-state index in [4.69, 9.17) is 0 Å². The zero-order valence-electron chi connectivity index (χ0n) is 9.01. The summed E-state index contributed by atoms with van der Waals surface area (Å²) in [7, 11) is 0. The molecule has 0 aliphatic heterocycles. The maximum atomic E-state index is 13.7. The van der Waals surface area contributed by atoms with Gasteiger partial charge in [0, 0.05) is 10.9 Å². The summed E-state index contributed by atoms with van der Waals surface area (Å²) < 4.78 is 26.9. The molecule has 88 valence electrons. The Bertz CT molecular complexity index is 593. The third-order valence-electron chi connectivity index (χ3n) is 2.56. The number of hydrogen-bond donors (Lipinski definition) is 0. The lowest BCUT2D eigenvalue weighted by Gasteiger charge is -2.08. The van der Waals surface area contributed by atoms with Crippen molar-refractivity contribution in [1.82, 2.24) is 0 Å². The number of alkyl halides is 1. The second-order valence-corrected chi connectivity index (χ2v) is 5.12. The van der Waals surface area contributed by atoms with Gasteiger partial charge in [-0.1, -0.05) is 40.2 Å². The lowest BCUT2D eigenvalue weighted by Crippen LogP contribution is -2.11. The molecule has 0 spiro atoms. The summed E-state index contributed by atoms with van der Waals surface area (Å²) in [4.78, 5) is 11.5. The average Bonchev–Trinajstić information content (AvgIpc) is 2.32. The molecular formula is C13H9BrF2O. The number of rotatable bonds is 2. The maximum Gasteiger partial charge on any atom is 0.176 e. The molecule has 0 bridgehead atoms. The van der Waals surface area contributed by atoms with Crippen LogP contribution in [0.3, 0.4) is 0 Å². The number of ketones is 1. The van der Waals surface area contributed by atoms with E-state index in [1.54, 1.807) is 19.1 Å². The van der Waals surface area contributed by atoms with Gasteiger partial charge in [0.2, 0.25) is 0 Å². The van der Waals surface area contributed by atoms with E-state index in [1.165, 1.54) is 12.1 Å². The van der Waals surface area contributed by atoms with Gasteiger partial charge in [-0.3, -0.25) is 4.79 Å². The van der Waals surface area contributed by atoms with Crippen LogP contribution < -0.4 is 0 Å². The topological polar surface area (TPSA) is 17.1 Å². The van der Waals surface area contributed by atoms with E-state index in [9.17, 15) is 13.6 Å². The lowest BCUT2D eigenvalue weighted by atomic mass is 9.99. The standard InChI is InChI=1S/C13H9BrF2O/c1-7(14)13(17)9-4-2-3-8-5-6-10(15)12(16)11(8)9/h2-7H,1H3. The Morgan fingerprint density at radius 1 is 1.24 bits per heavy atom. The first-order valence-electron chi connectivity index (χ1n) is 5.07. The summed E-state index contributed by atoms with van der Waals surface area (Å²) in [6.45, 7) is 1.65. The van der Waals surface area contributed by atoms with Gasteiger partial charge in [0.25, 0.3) is 0 Å². The normalized spacial score (nSPS) is 12.7. The average molecular weight is 299 g/mol. The van der Waals surface area contributed by atoms with Crippen molar-refractivity contribution in [2.75, 3.05) is 0 Å². The molecule has 0 aliphatic carbocycles. The Hall–Kier alpha value is -1.29. The summed E-state index contributed by atoms with van der Waals surface area (Å²) in [6, 6.07) is 7.33. The summed E-state index contributed by atoms with van der Waals surface area (Å²) in [5, 5.41) is 0.562. The van der Waals surface area contributed by atoms with Crippen molar-refractivity contribution in [1.29, 1.82) is 0 Å². The number of Topliss-reactive ketones (excluding diaryl/α,β-unsaturated/α-hetero) is 1. The number of carbonyl (C=O) groups is 1.